The molecule has 0 saturated carbocycles. The van der Waals surface area contributed by atoms with E-state index >= 15 is 0 Å². The summed E-state index contributed by atoms with van der Waals surface area (Å²) in [6.07, 6.45) is 2.57. The molecule has 0 aromatic heterocycles. The van der Waals surface area contributed by atoms with Crippen LogP contribution in [0.3, 0.4) is 0 Å². The lowest BCUT2D eigenvalue weighted by Gasteiger charge is -2.39. The van der Waals surface area contributed by atoms with Crippen molar-refractivity contribution in [3.05, 3.63) is 88.4 Å². The summed E-state index contributed by atoms with van der Waals surface area (Å²) in [4.78, 5) is 20.1. The van der Waals surface area contributed by atoms with E-state index in [1.807, 2.05) is 65.6 Å². The van der Waals surface area contributed by atoms with Gasteiger partial charge in [0.15, 0.2) is 0 Å². The maximum absolute atomic E-state index is 13.2. The van der Waals surface area contributed by atoms with Crippen LogP contribution in [-0.4, -0.2) is 47.9 Å². The average Bonchev–Trinajstić information content (AvgIpc) is 3.45. The molecule has 3 aromatic rings. The molecule has 0 spiro atoms. The van der Waals surface area contributed by atoms with Crippen LogP contribution < -0.4 is 9.64 Å². The van der Waals surface area contributed by atoms with Crippen molar-refractivity contribution in [3.8, 4) is 11.5 Å². The minimum Gasteiger partial charge on any atom is -0.457 e. The van der Waals surface area contributed by atoms with E-state index in [0.29, 0.717) is 29.7 Å². The number of hydrogen-bond donors (Lipinski definition) is 0. The fraction of sp³-hybridized carbons (Fsp3) is 0.321. The van der Waals surface area contributed by atoms with Crippen molar-refractivity contribution in [1.29, 1.82) is 0 Å². The molecule has 2 fully saturated rings. The molecule has 0 N–H and O–H groups in total. The Hall–Kier alpha value is -3.02. The van der Waals surface area contributed by atoms with Crippen LogP contribution in [0.4, 0.5) is 5.69 Å². The number of hydrogen-bond acceptors (Lipinski definition) is 4. The minimum absolute atomic E-state index is 0.0109. The van der Waals surface area contributed by atoms with E-state index in [1.54, 1.807) is 0 Å². The summed E-state index contributed by atoms with van der Waals surface area (Å²) in [6, 6.07) is 22.5. The van der Waals surface area contributed by atoms with Gasteiger partial charge in [-0.05, 0) is 66.9 Å². The molecule has 0 aliphatic carbocycles. The maximum atomic E-state index is 13.2. The van der Waals surface area contributed by atoms with Crippen LogP contribution in [0.2, 0.25) is 5.02 Å². The zero-order valence-electron chi connectivity index (χ0n) is 19.1. The Morgan fingerprint density at radius 1 is 0.941 bits per heavy atom. The summed E-state index contributed by atoms with van der Waals surface area (Å²) in [6.45, 7) is 5.53. The number of ether oxygens (including phenoxy) is 1. The first-order valence-corrected chi connectivity index (χ1v) is 12.4. The highest BCUT2D eigenvalue weighted by Gasteiger charge is 2.34. The molecule has 2 saturated heterocycles. The number of fused-ring (bicyclic) bond motifs is 2. The summed E-state index contributed by atoms with van der Waals surface area (Å²) in [5, 5.41) is 0.570. The quantitative estimate of drug-likeness (QED) is 0.485. The van der Waals surface area contributed by atoms with Gasteiger partial charge in [0.2, 0.25) is 0 Å². The third-order valence-corrected chi connectivity index (χ3v) is 7.55. The molecule has 1 amide bonds. The van der Waals surface area contributed by atoms with Crippen LogP contribution in [-0.2, 0) is 13.1 Å². The fourth-order valence-electron chi connectivity index (χ4n) is 5.49. The Kier molecular flexibility index (Phi) is 5.67. The molecule has 34 heavy (non-hydrogen) atoms. The Balaban J connectivity index is 1.15. The first-order chi connectivity index (χ1) is 16.6. The Morgan fingerprint density at radius 2 is 1.74 bits per heavy atom. The minimum atomic E-state index is 0.0109. The van der Waals surface area contributed by atoms with Crippen LogP contribution in [0, 0.1) is 0 Å². The van der Waals surface area contributed by atoms with Gasteiger partial charge in [-0.25, -0.2) is 0 Å². The lowest BCUT2D eigenvalue weighted by molar-refractivity contribution is 0.0767. The van der Waals surface area contributed by atoms with E-state index < -0.39 is 0 Å². The SMILES string of the molecule is O=C1c2c(Cl)cc(N3CCN4CCCC4C3)cc2CN1Cc1ccc(Oc2ccccc2)cc1. The zero-order chi connectivity index (χ0) is 23.1. The third kappa shape index (κ3) is 4.15. The molecule has 6 rings (SSSR count). The summed E-state index contributed by atoms with van der Waals surface area (Å²) in [7, 11) is 0. The highest BCUT2D eigenvalue weighted by Crippen LogP contribution is 2.36. The van der Waals surface area contributed by atoms with Gasteiger partial charge in [-0.15, -0.1) is 0 Å². The number of rotatable bonds is 5. The summed E-state index contributed by atoms with van der Waals surface area (Å²) < 4.78 is 5.88. The normalized spacial score (nSPS) is 19.9. The predicted octanol–water partition coefficient (Wildman–Crippen LogP) is 5.57. The average molecular weight is 474 g/mol. The van der Waals surface area contributed by atoms with Gasteiger partial charge in [0.05, 0.1) is 10.6 Å². The van der Waals surface area contributed by atoms with Gasteiger partial charge in [-0.2, -0.15) is 0 Å². The number of nitrogens with zero attached hydrogens (tertiary/aromatic N) is 3. The Morgan fingerprint density at radius 3 is 2.56 bits per heavy atom. The maximum Gasteiger partial charge on any atom is 0.256 e. The first-order valence-electron chi connectivity index (χ1n) is 12.1. The number of benzene rings is 3. The van der Waals surface area contributed by atoms with Crippen molar-refractivity contribution in [2.75, 3.05) is 31.1 Å². The van der Waals surface area contributed by atoms with Crippen LogP contribution in [0.15, 0.2) is 66.7 Å². The van der Waals surface area contributed by atoms with E-state index in [2.05, 4.69) is 15.9 Å². The number of carbonyl (C=O) groups is 1. The van der Waals surface area contributed by atoms with Crippen molar-refractivity contribution < 1.29 is 9.53 Å². The van der Waals surface area contributed by atoms with Crippen LogP contribution in [0.5, 0.6) is 11.5 Å². The monoisotopic (exact) mass is 473 g/mol. The summed E-state index contributed by atoms with van der Waals surface area (Å²) in [5.74, 6) is 1.60. The molecule has 1 unspecified atom stereocenters. The smallest absolute Gasteiger partial charge is 0.256 e. The number of anilines is 1. The standard InChI is InChI=1S/C28H28ClN3O2/c29-26-16-23(31-14-13-30-12-4-5-22(30)19-31)15-21-18-32(28(33)27(21)26)17-20-8-10-25(11-9-20)34-24-6-2-1-3-7-24/h1-3,6-11,15-16,22H,4-5,12-14,17-19H2. The van der Waals surface area contributed by atoms with Gasteiger partial charge in [0, 0.05) is 44.5 Å². The molecular weight excluding hydrogens is 446 g/mol. The molecule has 3 aromatic carbocycles. The molecule has 1 atom stereocenters. The van der Waals surface area contributed by atoms with Crippen molar-refractivity contribution in [1.82, 2.24) is 9.80 Å². The van der Waals surface area contributed by atoms with E-state index in [1.165, 1.54) is 19.4 Å². The van der Waals surface area contributed by atoms with Gasteiger partial charge < -0.3 is 14.5 Å². The molecule has 3 aliphatic heterocycles. The van der Waals surface area contributed by atoms with E-state index in [0.717, 1.165) is 47.9 Å². The fourth-order valence-corrected chi connectivity index (χ4v) is 5.81. The number of amides is 1. The largest absolute Gasteiger partial charge is 0.457 e. The Labute approximate surface area is 205 Å². The van der Waals surface area contributed by atoms with Crippen LogP contribution in [0.1, 0.15) is 34.3 Å². The molecule has 6 heteroatoms. The topological polar surface area (TPSA) is 36.0 Å². The zero-order valence-corrected chi connectivity index (χ0v) is 19.9. The van der Waals surface area contributed by atoms with Gasteiger partial charge in [0.1, 0.15) is 11.5 Å². The highest BCUT2D eigenvalue weighted by atomic mass is 35.5. The second-order valence-corrected chi connectivity index (χ2v) is 9.87. The second-order valence-electron chi connectivity index (χ2n) is 9.46. The molecular formula is C28H28ClN3O2. The molecule has 3 heterocycles. The molecule has 5 nitrogen and oxygen atoms in total. The first kappa shape index (κ1) is 21.5. The molecule has 174 valence electrons. The highest BCUT2D eigenvalue weighted by molar-refractivity contribution is 6.34. The van der Waals surface area contributed by atoms with Crippen molar-refractivity contribution >= 4 is 23.2 Å². The van der Waals surface area contributed by atoms with E-state index in [4.69, 9.17) is 16.3 Å². The number of piperazine rings is 1. The van der Waals surface area contributed by atoms with E-state index in [9.17, 15) is 4.79 Å². The van der Waals surface area contributed by atoms with Gasteiger partial charge in [-0.3, -0.25) is 9.69 Å². The molecule has 3 aliphatic rings. The second kappa shape index (κ2) is 8.97. The van der Waals surface area contributed by atoms with Gasteiger partial charge >= 0.3 is 0 Å². The molecule has 0 radical (unpaired) electrons. The van der Waals surface area contributed by atoms with Gasteiger partial charge in [0.25, 0.3) is 5.91 Å². The lowest BCUT2D eigenvalue weighted by atomic mass is 10.1. The van der Waals surface area contributed by atoms with Crippen molar-refractivity contribution in [3.63, 3.8) is 0 Å². The van der Waals surface area contributed by atoms with Crippen molar-refractivity contribution in [2.24, 2.45) is 0 Å². The number of halogens is 1. The Bertz CT molecular complexity index is 1200. The lowest BCUT2D eigenvalue weighted by Crippen LogP contribution is -2.50. The van der Waals surface area contributed by atoms with Gasteiger partial charge in [-0.1, -0.05) is 41.9 Å². The van der Waals surface area contributed by atoms with E-state index in [-0.39, 0.29) is 5.91 Å². The summed E-state index contributed by atoms with van der Waals surface area (Å²) in [5.41, 5.74) is 3.90. The number of para-hydroxylation sites is 1. The predicted molar refractivity (Wildman–Crippen MR) is 135 cm³/mol. The molecule has 0 bridgehead atoms. The summed E-state index contributed by atoms with van der Waals surface area (Å²) >= 11 is 6.67. The van der Waals surface area contributed by atoms with Crippen molar-refractivity contribution in [2.45, 2.75) is 32.0 Å². The van der Waals surface area contributed by atoms with Crippen LogP contribution in [0.25, 0.3) is 0 Å². The number of carbonyl (C=O) groups excluding carboxylic acids is 1. The third-order valence-electron chi connectivity index (χ3n) is 7.25. The van der Waals surface area contributed by atoms with Crippen LogP contribution >= 0.6 is 11.6 Å².